The highest BCUT2D eigenvalue weighted by molar-refractivity contribution is 6.31. The van der Waals surface area contributed by atoms with Gasteiger partial charge in [-0.3, -0.25) is 19.7 Å². The average Bonchev–Trinajstić information content (AvgIpc) is 2.60. The minimum atomic E-state index is -0.596. The van der Waals surface area contributed by atoms with E-state index in [1.807, 2.05) is 0 Å². The van der Waals surface area contributed by atoms with Gasteiger partial charge in [0, 0.05) is 22.2 Å². The van der Waals surface area contributed by atoms with Crippen LogP contribution in [0.15, 0.2) is 36.4 Å². The van der Waals surface area contributed by atoms with Crippen LogP contribution in [0, 0.1) is 17.0 Å². The molecule has 9 heteroatoms. The average molecular weight is 378 g/mol. The number of methoxy groups -OCH3 is 1. The molecule has 2 aromatic carbocycles. The summed E-state index contributed by atoms with van der Waals surface area (Å²) < 4.78 is 5.12. The van der Waals surface area contributed by atoms with E-state index in [2.05, 4.69) is 10.6 Å². The predicted octanol–water partition coefficient (Wildman–Crippen LogP) is 2.93. The number of nitro benzene ring substituents is 1. The zero-order valence-corrected chi connectivity index (χ0v) is 14.8. The summed E-state index contributed by atoms with van der Waals surface area (Å²) in [5, 5.41) is 16.3. The summed E-state index contributed by atoms with van der Waals surface area (Å²) >= 11 is 5.89. The summed E-state index contributed by atoms with van der Waals surface area (Å²) in [5.41, 5.74) is 0.740. The maximum Gasteiger partial charge on any atom is 0.273 e. The molecular weight excluding hydrogens is 362 g/mol. The second kappa shape index (κ2) is 8.30. The monoisotopic (exact) mass is 377 g/mol. The number of carbonyl (C=O) groups is 2. The summed E-state index contributed by atoms with van der Waals surface area (Å²) in [6, 6.07) is 8.83. The Kier molecular flexibility index (Phi) is 6.13. The molecule has 0 aliphatic carbocycles. The molecule has 0 saturated carbocycles. The van der Waals surface area contributed by atoms with E-state index >= 15 is 0 Å². The van der Waals surface area contributed by atoms with Crippen LogP contribution in [0.2, 0.25) is 5.02 Å². The molecule has 136 valence electrons. The van der Waals surface area contributed by atoms with E-state index in [1.165, 1.54) is 31.4 Å². The first kappa shape index (κ1) is 19.2. The molecule has 0 fully saturated rings. The van der Waals surface area contributed by atoms with Crippen molar-refractivity contribution in [3.63, 3.8) is 0 Å². The number of rotatable bonds is 6. The highest BCUT2D eigenvalue weighted by Gasteiger charge is 2.16. The third-order valence-corrected chi connectivity index (χ3v) is 3.75. The first-order valence-corrected chi connectivity index (χ1v) is 7.86. The standard InChI is InChI=1S/C17H16ClN3O5/c1-10-3-4-11(7-14(10)21(24)25)17(23)19-9-16(22)20-13-8-12(18)5-6-15(13)26-2/h3-8H,9H2,1-2H3,(H,19,23)(H,20,22). The molecule has 0 spiro atoms. The molecule has 0 atom stereocenters. The van der Waals surface area contributed by atoms with E-state index in [0.717, 1.165) is 0 Å². The van der Waals surface area contributed by atoms with Gasteiger partial charge in [-0.25, -0.2) is 0 Å². The maximum absolute atomic E-state index is 12.1. The van der Waals surface area contributed by atoms with Gasteiger partial charge in [0.1, 0.15) is 5.75 Å². The van der Waals surface area contributed by atoms with Crippen molar-refractivity contribution < 1.29 is 19.2 Å². The second-order valence-electron chi connectivity index (χ2n) is 5.33. The fraction of sp³-hybridized carbons (Fsp3) is 0.176. The normalized spacial score (nSPS) is 10.1. The van der Waals surface area contributed by atoms with Gasteiger partial charge >= 0.3 is 0 Å². The Hall–Kier alpha value is -3.13. The number of hydrogen-bond acceptors (Lipinski definition) is 5. The molecule has 26 heavy (non-hydrogen) atoms. The lowest BCUT2D eigenvalue weighted by Gasteiger charge is -2.11. The number of benzene rings is 2. The van der Waals surface area contributed by atoms with E-state index in [-0.39, 0.29) is 17.8 Å². The summed E-state index contributed by atoms with van der Waals surface area (Å²) in [7, 11) is 1.45. The Labute approximate surface area is 154 Å². The summed E-state index contributed by atoms with van der Waals surface area (Å²) in [6.07, 6.45) is 0. The number of hydrogen-bond donors (Lipinski definition) is 2. The highest BCUT2D eigenvalue weighted by atomic mass is 35.5. The van der Waals surface area contributed by atoms with E-state index in [4.69, 9.17) is 16.3 Å². The van der Waals surface area contributed by atoms with Gasteiger partial charge in [0.2, 0.25) is 5.91 Å². The first-order valence-electron chi connectivity index (χ1n) is 7.48. The molecule has 0 bridgehead atoms. The minimum absolute atomic E-state index is 0.0930. The van der Waals surface area contributed by atoms with Gasteiger partial charge < -0.3 is 15.4 Å². The third kappa shape index (κ3) is 4.70. The van der Waals surface area contributed by atoms with Crippen molar-refractivity contribution >= 4 is 34.8 Å². The second-order valence-corrected chi connectivity index (χ2v) is 5.77. The molecule has 0 saturated heterocycles. The topological polar surface area (TPSA) is 111 Å². The maximum atomic E-state index is 12.1. The van der Waals surface area contributed by atoms with Crippen molar-refractivity contribution in [3.8, 4) is 5.75 Å². The molecule has 0 unspecified atom stereocenters. The van der Waals surface area contributed by atoms with Crippen LogP contribution in [-0.2, 0) is 4.79 Å². The lowest BCUT2D eigenvalue weighted by atomic mass is 10.1. The molecule has 8 nitrogen and oxygen atoms in total. The van der Waals surface area contributed by atoms with Crippen molar-refractivity contribution in [1.82, 2.24) is 5.32 Å². The third-order valence-electron chi connectivity index (χ3n) is 3.51. The predicted molar refractivity (Wildman–Crippen MR) is 96.8 cm³/mol. The molecule has 2 amide bonds. The van der Waals surface area contributed by atoms with Gasteiger partial charge in [0.05, 0.1) is 24.3 Å². The Bertz CT molecular complexity index is 869. The van der Waals surface area contributed by atoms with Gasteiger partial charge in [0.15, 0.2) is 0 Å². The van der Waals surface area contributed by atoms with Gasteiger partial charge in [-0.05, 0) is 31.2 Å². The van der Waals surface area contributed by atoms with Gasteiger partial charge in [-0.15, -0.1) is 0 Å². The molecule has 2 N–H and O–H groups in total. The van der Waals surface area contributed by atoms with Crippen LogP contribution >= 0.6 is 11.6 Å². The quantitative estimate of drug-likeness (QED) is 0.594. The number of aryl methyl sites for hydroxylation is 1. The zero-order chi connectivity index (χ0) is 19.3. The molecular formula is C17H16ClN3O5. The van der Waals surface area contributed by atoms with E-state index in [0.29, 0.717) is 22.0 Å². The van der Waals surface area contributed by atoms with Crippen LogP contribution < -0.4 is 15.4 Å². The molecule has 0 heterocycles. The number of nitro groups is 1. The fourth-order valence-electron chi connectivity index (χ4n) is 2.18. The Morgan fingerprint density at radius 3 is 2.62 bits per heavy atom. The van der Waals surface area contributed by atoms with Crippen molar-refractivity contribution in [2.75, 3.05) is 19.0 Å². The number of amides is 2. The van der Waals surface area contributed by atoms with Crippen molar-refractivity contribution in [3.05, 3.63) is 62.7 Å². The van der Waals surface area contributed by atoms with Crippen molar-refractivity contribution in [2.24, 2.45) is 0 Å². The molecule has 0 aliphatic heterocycles. The number of anilines is 1. The Morgan fingerprint density at radius 2 is 1.96 bits per heavy atom. The molecule has 0 radical (unpaired) electrons. The Morgan fingerprint density at radius 1 is 1.23 bits per heavy atom. The molecule has 2 aromatic rings. The lowest BCUT2D eigenvalue weighted by molar-refractivity contribution is -0.385. The lowest BCUT2D eigenvalue weighted by Crippen LogP contribution is -2.33. The molecule has 2 rings (SSSR count). The highest BCUT2D eigenvalue weighted by Crippen LogP contribution is 2.27. The fourth-order valence-corrected chi connectivity index (χ4v) is 2.35. The van der Waals surface area contributed by atoms with Gasteiger partial charge in [-0.2, -0.15) is 0 Å². The molecule has 0 aromatic heterocycles. The zero-order valence-electron chi connectivity index (χ0n) is 14.0. The largest absolute Gasteiger partial charge is 0.495 e. The van der Waals surface area contributed by atoms with E-state index in [9.17, 15) is 19.7 Å². The SMILES string of the molecule is COc1ccc(Cl)cc1NC(=O)CNC(=O)c1ccc(C)c([N+](=O)[O-])c1. The molecule has 0 aliphatic rings. The summed E-state index contributed by atoms with van der Waals surface area (Å²) in [5.74, 6) is -0.676. The minimum Gasteiger partial charge on any atom is -0.495 e. The Balaban J connectivity index is 2.01. The number of halogens is 1. The number of carbonyl (C=O) groups excluding carboxylic acids is 2. The first-order chi connectivity index (χ1) is 12.3. The smallest absolute Gasteiger partial charge is 0.273 e. The van der Waals surface area contributed by atoms with Crippen LogP contribution in [0.4, 0.5) is 11.4 Å². The van der Waals surface area contributed by atoms with Crippen molar-refractivity contribution in [1.29, 1.82) is 0 Å². The van der Waals surface area contributed by atoms with E-state index < -0.39 is 16.7 Å². The van der Waals surface area contributed by atoms with Crippen LogP contribution in [0.3, 0.4) is 0 Å². The van der Waals surface area contributed by atoms with Crippen LogP contribution in [0.1, 0.15) is 15.9 Å². The summed E-state index contributed by atoms with van der Waals surface area (Å²) in [4.78, 5) is 34.5. The number of nitrogens with one attached hydrogen (secondary N) is 2. The van der Waals surface area contributed by atoms with Crippen molar-refractivity contribution in [2.45, 2.75) is 6.92 Å². The van der Waals surface area contributed by atoms with E-state index in [1.54, 1.807) is 19.1 Å². The van der Waals surface area contributed by atoms with Gasteiger partial charge in [0.25, 0.3) is 11.6 Å². The summed E-state index contributed by atoms with van der Waals surface area (Å²) in [6.45, 7) is 1.25. The number of ether oxygens (including phenoxy) is 1. The number of nitrogens with zero attached hydrogens (tertiary/aromatic N) is 1. The van der Waals surface area contributed by atoms with Crippen LogP contribution in [0.5, 0.6) is 5.75 Å². The van der Waals surface area contributed by atoms with Crippen LogP contribution in [0.25, 0.3) is 0 Å². The van der Waals surface area contributed by atoms with Gasteiger partial charge in [-0.1, -0.05) is 17.7 Å². The van der Waals surface area contributed by atoms with Crippen LogP contribution in [-0.4, -0.2) is 30.4 Å².